The van der Waals surface area contributed by atoms with E-state index in [4.69, 9.17) is 4.74 Å². The van der Waals surface area contributed by atoms with Crippen LogP contribution in [-0.2, 0) is 4.74 Å². The standard InChI is InChI=1S/C24H19FN2O5/c25-21-13-23(28)22(27(30)31)12-15(21)6-5-11-26-24(29)32-14-20-18-9-3-1-7-16(18)17-8-2-4-10-19(17)20/h1-10,12-13,20,28H,11,14H2,(H,26,29). The molecule has 0 heterocycles. The van der Waals surface area contributed by atoms with Gasteiger partial charge in [0, 0.05) is 30.2 Å². The first-order valence-electron chi connectivity index (χ1n) is 9.88. The first kappa shape index (κ1) is 21.0. The highest BCUT2D eigenvalue weighted by Crippen LogP contribution is 2.44. The zero-order chi connectivity index (χ0) is 22.7. The lowest BCUT2D eigenvalue weighted by molar-refractivity contribution is -0.385. The summed E-state index contributed by atoms with van der Waals surface area (Å²) in [5.74, 6) is -1.62. The number of halogens is 1. The number of amides is 1. The van der Waals surface area contributed by atoms with Crippen molar-refractivity contribution in [1.82, 2.24) is 5.32 Å². The smallest absolute Gasteiger partial charge is 0.407 e. The van der Waals surface area contributed by atoms with Gasteiger partial charge >= 0.3 is 11.8 Å². The number of nitrogens with zero attached hydrogens (tertiary/aromatic N) is 1. The molecule has 0 fully saturated rings. The number of nitro groups is 1. The number of carbonyl (C=O) groups is 1. The van der Waals surface area contributed by atoms with Crippen LogP contribution in [0.3, 0.4) is 0 Å². The zero-order valence-corrected chi connectivity index (χ0v) is 16.8. The molecule has 2 N–H and O–H groups in total. The van der Waals surface area contributed by atoms with Crippen LogP contribution in [0.2, 0.25) is 0 Å². The van der Waals surface area contributed by atoms with Crippen LogP contribution < -0.4 is 5.32 Å². The van der Waals surface area contributed by atoms with Crippen molar-refractivity contribution < 1.29 is 24.0 Å². The molecule has 7 nitrogen and oxygen atoms in total. The van der Waals surface area contributed by atoms with Gasteiger partial charge in [0.05, 0.1) is 4.92 Å². The third kappa shape index (κ3) is 4.15. The monoisotopic (exact) mass is 434 g/mol. The second-order valence-electron chi connectivity index (χ2n) is 7.23. The molecule has 0 spiro atoms. The number of ether oxygens (including phenoxy) is 1. The first-order valence-corrected chi connectivity index (χ1v) is 9.88. The average molecular weight is 434 g/mol. The second kappa shape index (κ2) is 8.89. The summed E-state index contributed by atoms with van der Waals surface area (Å²) in [6, 6.07) is 17.6. The van der Waals surface area contributed by atoms with Gasteiger partial charge in [0.15, 0.2) is 5.75 Å². The third-order valence-corrected chi connectivity index (χ3v) is 5.30. The van der Waals surface area contributed by atoms with Gasteiger partial charge < -0.3 is 15.2 Å². The van der Waals surface area contributed by atoms with Gasteiger partial charge in [-0.05, 0) is 22.3 Å². The molecular formula is C24H19FN2O5. The highest BCUT2D eigenvalue weighted by molar-refractivity contribution is 5.79. The second-order valence-corrected chi connectivity index (χ2v) is 7.23. The fourth-order valence-corrected chi connectivity index (χ4v) is 3.82. The molecule has 1 amide bonds. The molecule has 3 aromatic carbocycles. The minimum absolute atomic E-state index is 0.0325. The van der Waals surface area contributed by atoms with Crippen molar-refractivity contribution in [2.45, 2.75) is 5.92 Å². The molecule has 1 aliphatic carbocycles. The average Bonchev–Trinajstić information content (AvgIpc) is 3.10. The Balaban J connectivity index is 1.35. The van der Waals surface area contributed by atoms with Crippen molar-refractivity contribution in [2.24, 2.45) is 0 Å². The van der Waals surface area contributed by atoms with Gasteiger partial charge in [-0.2, -0.15) is 0 Å². The topological polar surface area (TPSA) is 102 Å². The van der Waals surface area contributed by atoms with Crippen molar-refractivity contribution in [2.75, 3.05) is 13.2 Å². The van der Waals surface area contributed by atoms with E-state index in [-0.39, 0.29) is 24.6 Å². The Kier molecular flexibility index (Phi) is 5.85. The highest BCUT2D eigenvalue weighted by Gasteiger charge is 2.28. The number of aromatic hydroxyl groups is 1. The summed E-state index contributed by atoms with van der Waals surface area (Å²) in [5, 5.41) is 22.8. The largest absolute Gasteiger partial charge is 0.502 e. The van der Waals surface area contributed by atoms with Crippen molar-refractivity contribution in [3.63, 3.8) is 0 Å². The molecule has 8 heteroatoms. The first-order chi connectivity index (χ1) is 15.5. The normalized spacial score (nSPS) is 12.4. The number of rotatable bonds is 6. The Morgan fingerprint density at radius 1 is 1.12 bits per heavy atom. The maximum absolute atomic E-state index is 13.9. The molecule has 162 valence electrons. The van der Waals surface area contributed by atoms with Gasteiger partial charge in [-0.1, -0.05) is 60.7 Å². The van der Waals surface area contributed by atoms with Crippen LogP contribution in [0.4, 0.5) is 14.9 Å². The lowest BCUT2D eigenvalue weighted by Gasteiger charge is -2.14. The highest BCUT2D eigenvalue weighted by atomic mass is 19.1. The van der Waals surface area contributed by atoms with Gasteiger partial charge in [-0.15, -0.1) is 0 Å². The SMILES string of the molecule is O=C(NCC=Cc1cc([N+](=O)[O-])c(O)cc1F)OCC1c2ccccc2-c2ccccc21. The summed E-state index contributed by atoms with van der Waals surface area (Å²) in [5.41, 5.74) is 3.78. The molecular weight excluding hydrogens is 415 g/mol. The van der Waals surface area contributed by atoms with Crippen molar-refractivity contribution in [1.29, 1.82) is 0 Å². The number of fused-ring (bicyclic) bond motifs is 3. The molecule has 3 aromatic rings. The van der Waals surface area contributed by atoms with E-state index in [0.29, 0.717) is 6.07 Å². The third-order valence-electron chi connectivity index (χ3n) is 5.30. The number of hydrogen-bond acceptors (Lipinski definition) is 5. The quantitative estimate of drug-likeness (QED) is 0.420. The fourth-order valence-electron chi connectivity index (χ4n) is 3.82. The Labute approximate surface area is 182 Å². The Hall–Kier alpha value is -4.20. The zero-order valence-electron chi connectivity index (χ0n) is 16.8. The number of benzene rings is 3. The molecule has 0 radical (unpaired) electrons. The number of hydrogen-bond donors (Lipinski definition) is 2. The van der Waals surface area contributed by atoms with Crippen molar-refractivity contribution >= 4 is 17.9 Å². The molecule has 0 bridgehead atoms. The van der Waals surface area contributed by atoms with Crippen molar-refractivity contribution in [3.8, 4) is 16.9 Å². The van der Waals surface area contributed by atoms with Gasteiger partial charge in [0.2, 0.25) is 0 Å². The predicted molar refractivity (Wildman–Crippen MR) is 117 cm³/mol. The number of phenols is 1. The molecule has 0 atom stereocenters. The minimum Gasteiger partial charge on any atom is -0.502 e. The summed E-state index contributed by atoms with van der Waals surface area (Å²) < 4.78 is 19.3. The van der Waals surface area contributed by atoms with Gasteiger partial charge in [-0.25, -0.2) is 9.18 Å². The molecule has 32 heavy (non-hydrogen) atoms. The summed E-state index contributed by atoms with van der Waals surface area (Å²) >= 11 is 0. The maximum Gasteiger partial charge on any atom is 0.407 e. The number of phenolic OH excluding ortho intramolecular Hbond substituents is 1. The van der Waals surface area contributed by atoms with Gasteiger partial charge in [0.1, 0.15) is 12.4 Å². The van der Waals surface area contributed by atoms with Crippen LogP contribution in [-0.4, -0.2) is 29.3 Å². The van der Waals surface area contributed by atoms with E-state index in [2.05, 4.69) is 5.32 Å². The van der Waals surface area contributed by atoms with Crippen LogP contribution in [0.5, 0.6) is 5.75 Å². The molecule has 0 aromatic heterocycles. The molecule has 0 aliphatic heterocycles. The van der Waals surface area contributed by atoms with Crippen molar-refractivity contribution in [3.05, 3.63) is 99.4 Å². The summed E-state index contributed by atoms with van der Waals surface area (Å²) in [6.07, 6.45) is 2.08. The fraction of sp³-hybridized carbons (Fsp3) is 0.125. The van der Waals surface area contributed by atoms with E-state index < -0.39 is 28.3 Å². The van der Waals surface area contributed by atoms with Crippen LogP contribution in [0, 0.1) is 15.9 Å². The molecule has 4 rings (SSSR count). The Morgan fingerprint density at radius 2 is 1.75 bits per heavy atom. The number of carbonyl (C=O) groups excluding carboxylic acids is 1. The van der Waals surface area contributed by atoms with Crippen LogP contribution in [0.15, 0.2) is 66.7 Å². The summed E-state index contributed by atoms with van der Waals surface area (Å²) in [7, 11) is 0. The number of nitrogens with one attached hydrogen (secondary N) is 1. The van der Waals surface area contributed by atoms with E-state index in [1.807, 2.05) is 48.5 Å². The van der Waals surface area contributed by atoms with Gasteiger partial charge in [0.25, 0.3) is 0 Å². The minimum atomic E-state index is -0.814. The lowest BCUT2D eigenvalue weighted by atomic mass is 9.98. The molecule has 0 saturated heterocycles. The van der Waals surface area contributed by atoms with E-state index in [9.17, 15) is 24.4 Å². The van der Waals surface area contributed by atoms with E-state index in [0.717, 1.165) is 28.3 Å². The van der Waals surface area contributed by atoms with Crippen LogP contribution in [0.1, 0.15) is 22.6 Å². The van der Waals surface area contributed by atoms with E-state index in [1.165, 1.54) is 12.2 Å². The molecule has 1 aliphatic rings. The van der Waals surface area contributed by atoms with Crippen LogP contribution >= 0.6 is 0 Å². The summed E-state index contributed by atoms with van der Waals surface area (Å²) in [4.78, 5) is 22.2. The molecule has 0 unspecified atom stereocenters. The maximum atomic E-state index is 13.9. The Morgan fingerprint density at radius 3 is 2.38 bits per heavy atom. The molecule has 0 saturated carbocycles. The summed E-state index contributed by atoms with van der Waals surface area (Å²) in [6.45, 7) is 0.202. The predicted octanol–water partition coefficient (Wildman–Crippen LogP) is 4.99. The van der Waals surface area contributed by atoms with E-state index in [1.54, 1.807) is 0 Å². The van der Waals surface area contributed by atoms with Gasteiger partial charge in [-0.3, -0.25) is 10.1 Å². The lowest BCUT2D eigenvalue weighted by Crippen LogP contribution is -2.26. The van der Waals surface area contributed by atoms with Crippen LogP contribution in [0.25, 0.3) is 17.2 Å². The van der Waals surface area contributed by atoms with E-state index >= 15 is 0 Å². The number of nitro benzene ring substituents is 1. The number of alkyl carbamates (subject to hydrolysis) is 1. The Bertz CT molecular complexity index is 1180.